The third-order valence-electron chi connectivity index (χ3n) is 3.54. The summed E-state index contributed by atoms with van der Waals surface area (Å²) < 4.78 is 1.16. The molecule has 2 N–H and O–H groups in total. The quantitative estimate of drug-likeness (QED) is 0.613. The number of rotatable bonds is 6. The zero-order chi connectivity index (χ0) is 17.9. The maximum absolute atomic E-state index is 11.9. The van der Waals surface area contributed by atoms with Crippen molar-refractivity contribution in [2.75, 3.05) is 5.32 Å². The Morgan fingerprint density at radius 2 is 1.92 bits per heavy atom. The molecule has 0 bridgehead atoms. The van der Waals surface area contributed by atoms with Gasteiger partial charge in [0.15, 0.2) is 0 Å². The normalized spacial score (nSPS) is 11.1. The minimum atomic E-state index is -1.03. The summed E-state index contributed by atoms with van der Waals surface area (Å²) in [4.78, 5) is 33.0. The lowest BCUT2D eigenvalue weighted by atomic mass is 9.85. The number of anilines is 1. The van der Waals surface area contributed by atoms with Crippen molar-refractivity contribution in [3.05, 3.63) is 52.2 Å². The van der Waals surface area contributed by atoms with Crippen molar-refractivity contribution in [2.24, 2.45) is 0 Å². The molecule has 0 saturated heterocycles. The first-order valence-corrected chi connectivity index (χ1v) is 7.02. The average molecular weight is 332 g/mol. The molecule has 9 nitrogen and oxygen atoms in total. The minimum absolute atomic E-state index is 0.170. The summed E-state index contributed by atoms with van der Waals surface area (Å²) in [7, 11) is 0. The number of benzene rings is 1. The summed E-state index contributed by atoms with van der Waals surface area (Å²) in [5.41, 5.74) is 0.0681. The zero-order valence-electron chi connectivity index (χ0n) is 13.1. The number of carboxylic acids is 1. The molecule has 1 aromatic heterocycles. The van der Waals surface area contributed by atoms with E-state index in [0.29, 0.717) is 11.3 Å². The lowest BCUT2D eigenvalue weighted by Crippen LogP contribution is -2.28. The monoisotopic (exact) mass is 332 g/mol. The van der Waals surface area contributed by atoms with E-state index in [2.05, 4.69) is 10.4 Å². The Morgan fingerprint density at radius 1 is 1.29 bits per heavy atom. The van der Waals surface area contributed by atoms with Crippen molar-refractivity contribution in [1.82, 2.24) is 9.78 Å². The summed E-state index contributed by atoms with van der Waals surface area (Å²) in [5.74, 6) is -1.68. The molecule has 0 aliphatic carbocycles. The van der Waals surface area contributed by atoms with Crippen molar-refractivity contribution in [3.63, 3.8) is 0 Å². The highest BCUT2D eigenvalue weighted by molar-refractivity contribution is 5.90. The Labute approximate surface area is 137 Å². The first-order valence-electron chi connectivity index (χ1n) is 7.02. The van der Waals surface area contributed by atoms with Crippen molar-refractivity contribution < 1.29 is 19.6 Å². The van der Waals surface area contributed by atoms with E-state index >= 15 is 0 Å². The van der Waals surface area contributed by atoms with Gasteiger partial charge in [0.2, 0.25) is 5.91 Å². The molecule has 0 spiro atoms. The van der Waals surface area contributed by atoms with E-state index in [1.165, 1.54) is 12.3 Å². The summed E-state index contributed by atoms with van der Waals surface area (Å²) in [6, 6.07) is 7.66. The van der Waals surface area contributed by atoms with Crippen LogP contribution in [0, 0.1) is 10.1 Å². The van der Waals surface area contributed by atoms with Crippen molar-refractivity contribution in [3.8, 4) is 0 Å². The molecule has 0 saturated carbocycles. The molecule has 0 fully saturated rings. The van der Waals surface area contributed by atoms with Gasteiger partial charge in [-0.1, -0.05) is 12.1 Å². The lowest BCUT2D eigenvalue weighted by Gasteiger charge is -2.19. The topological polar surface area (TPSA) is 127 Å². The second kappa shape index (κ2) is 6.49. The van der Waals surface area contributed by atoms with E-state index in [9.17, 15) is 24.8 Å². The van der Waals surface area contributed by atoms with Crippen LogP contribution < -0.4 is 5.32 Å². The van der Waals surface area contributed by atoms with Crippen LogP contribution in [0.2, 0.25) is 0 Å². The lowest BCUT2D eigenvalue weighted by molar-refractivity contribution is -0.389. The number of nitro groups is 1. The molecule has 0 radical (unpaired) electrons. The number of hydrogen-bond donors (Lipinski definition) is 2. The van der Waals surface area contributed by atoms with Crippen molar-refractivity contribution >= 4 is 23.4 Å². The molecule has 0 aliphatic rings. The fraction of sp³-hybridized carbons (Fsp3) is 0.267. The van der Waals surface area contributed by atoms with Crippen LogP contribution in [-0.2, 0) is 21.5 Å². The van der Waals surface area contributed by atoms with E-state index in [4.69, 9.17) is 0 Å². The molecule has 0 atom stereocenters. The van der Waals surface area contributed by atoms with Gasteiger partial charge in [-0.05, 0) is 36.5 Å². The molecule has 0 unspecified atom stereocenters. The van der Waals surface area contributed by atoms with Crippen LogP contribution in [-0.4, -0.2) is 31.7 Å². The molecule has 9 heteroatoms. The number of amides is 1. The third kappa shape index (κ3) is 3.75. The van der Waals surface area contributed by atoms with Gasteiger partial charge in [0.1, 0.15) is 6.54 Å². The van der Waals surface area contributed by atoms with Gasteiger partial charge >= 0.3 is 11.8 Å². The summed E-state index contributed by atoms with van der Waals surface area (Å²) >= 11 is 0. The molecule has 126 valence electrons. The van der Waals surface area contributed by atoms with Crippen LogP contribution in [0.5, 0.6) is 0 Å². The Morgan fingerprint density at radius 3 is 2.42 bits per heavy atom. The Kier molecular flexibility index (Phi) is 4.63. The second-order valence-corrected chi connectivity index (χ2v) is 5.68. The van der Waals surface area contributed by atoms with Crippen LogP contribution in [0.3, 0.4) is 0 Å². The number of nitrogens with zero attached hydrogens (tertiary/aromatic N) is 3. The fourth-order valence-corrected chi connectivity index (χ4v) is 1.98. The Balaban J connectivity index is 2.01. The van der Waals surface area contributed by atoms with Gasteiger partial charge in [0.05, 0.1) is 22.8 Å². The van der Waals surface area contributed by atoms with E-state index in [1.54, 1.807) is 38.1 Å². The molecule has 0 aliphatic heterocycles. The SMILES string of the molecule is CC(C)(C(=O)O)c1ccc(NC(=O)Cn2ccc([N+](=O)[O-])n2)cc1. The van der Waals surface area contributed by atoms with Gasteiger partial charge in [0, 0.05) is 5.69 Å². The standard InChI is InChI=1S/C15H16N4O5/c1-15(2,14(21)22)10-3-5-11(6-4-10)16-13(20)9-18-8-7-12(17-18)19(23)24/h3-8H,9H2,1-2H3,(H,16,20)(H,21,22). The number of aromatic nitrogens is 2. The number of carbonyl (C=O) groups excluding carboxylic acids is 1. The van der Waals surface area contributed by atoms with Crippen LogP contribution in [0.25, 0.3) is 0 Å². The first kappa shape index (κ1) is 17.1. The van der Waals surface area contributed by atoms with Crippen molar-refractivity contribution in [1.29, 1.82) is 0 Å². The van der Waals surface area contributed by atoms with Gasteiger partial charge in [-0.2, -0.15) is 4.68 Å². The van der Waals surface area contributed by atoms with Gasteiger partial charge in [-0.3, -0.25) is 9.59 Å². The summed E-state index contributed by atoms with van der Waals surface area (Å²) in [6.07, 6.45) is 1.34. The Hall–Kier alpha value is -3.23. The highest BCUT2D eigenvalue weighted by Crippen LogP contribution is 2.24. The van der Waals surface area contributed by atoms with E-state index in [1.807, 2.05) is 0 Å². The fourth-order valence-electron chi connectivity index (χ4n) is 1.98. The average Bonchev–Trinajstić information content (AvgIpc) is 2.96. The summed E-state index contributed by atoms with van der Waals surface area (Å²) in [5, 5.41) is 26.0. The van der Waals surface area contributed by atoms with E-state index < -0.39 is 22.2 Å². The minimum Gasteiger partial charge on any atom is -0.481 e. The number of nitrogens with one attached hydrogen (secondary N) is 1. The molecule has 2 rings (SSSR count). The van der Waals surface area contributed by atoms with Crippen LogP contribution >= 0.6 is 0 Å². The number of carbonyl (C=O) groups is 2. The third-order valence-corrected chi connectivity index (χ3v) is 3.54. The maximum Gasteiger partial charge on any atom is 0.389 e. The first-order chi connectivity index (χ1) is 11.2. The second-order valence-electron chi connectivity index (χ2n) is 5.68. The molecular formula is C15H16N4O5. The molecule has 24 heavy (non-hydrogen) atoms. The van der Waals surface area contributed by atoms with Crippen LogP contribution in [0.15, 0.2) is 36.5 Å². The highest BCUT2D eigenvalue weighted by atomic mass is 16.6. The Bertz CT molecular complexity index is 779. The predicted octanol–water partition coefficient (Wildman–Crippen LogP) is 1.79. The number of aliphatic carboxylic acids is 1. The highest BCUT2D eigenvalue weighted by Gasteiger charge is 2.29. The molecule has 1 amide bonds. The van der Waals surface area contributed by atoms with Crippen LogP contribution in [0.1, 0.15) is 19.4 Å². The van der Waals surface area contributed by atoms with Gasteiger partial charge in [-0.15, -0.1) is 0 Å². The van der Waals surface area contributed by atoms with E-state index in [-0.39, 0.29) is 12.4 Å². The molecular weight excluding hydrogens is 316 g/mol. The molecule has 1 heterocycles. The largest absolute Gasteiger partial charge is 0.481 e. The molecule has 1 aromatic carbocycles. The smallest absolute Gasteiger partial charge is 0.389 e. The van der Waals surface area contributed by atoms with Gasteiger partial charge < -0.3 is 20.5 Å². The zero-order valence-corrected chi connectivity index (χ0v) is 13.1. The van der Waals surface area contributed by atoms with E-state index in [0.717, 1.165) is 4.68 Å². The van der Waals surface area contributed by atoms with Crippen molar-refractivity contribution in [2.45, 2.75) is 25.8 Å². The number of hydrogen-bond acceptors (Lipinski definition) is 5. The molecule has 2 aromatic rings. The summed E-state index contributed by atoms with van der Waals surface area (Å²) in [6.45, 7) is 3.01. The van der Waals surface area contributed by atoms with Crippen LogP contribution in [0.4, 0.5) is 11.5 Å². The van der Waals surface area contributed by atoms with Gasteiger partial charge in [-0.25, -0.2) is 0 Å². The predicted molar refractivity (Wildman–Crippen MR) is 84.6 cm³/mol. The number of carboxylic acid groups (broad SMARTS) is 1. The maximum atomic E-state index is 11.9. The van der Waals surface area contributed by atoms with Gasteiger partial charge in [0.25, 0.3) is 0 Å².